The van der Waals surface area contributed by atoms with Gasteiger partial charge in [-0.3, -0.25) is 10.2 Å². The predicted molar refractivity (Wildman–Crippen MR) is 64.2 cm³/mol. The zero-order chi connectivity index (χ0) is 11.3. The molecule has 0 saturated heterocycles. The Morgan fingerprint density at radius 1 is 1.60 bits per heavy atom. The summed E-state index contributed by atoms with van der Waals surface area (Å²) in [5.41, 5.74) is 6.98. The van der Waals surface area contributed by atoms with Gasteiger partial charge in [0.2, 0.25) is 5.91 Å². The van der Waals surface area contributed by atoms with Gasteiger partial charge in [0.1, 0.15) is 0 Å². The summed E-state index contributed by atoms with van der Waals surface area (Å²) in [6.45, 7) is 1.96. The van der Waals surface area contributed by atoms with E-state index in [2.05, 4.69) is 5.32 Å². The first-order chi connectivity index (χ1) is 7.08. The highest BCUT2D eigenvalue weighted by Crippen LogP contribution is 2.10. The molecule has 0 saturated carbocycles. The van der Waals surface area contributed by atoms with Gasteiger partial charge >= 0.3 is 0 Å². The van der Waals surface area contributed by atoms with Crippen molar-refractivity contribution < 1.29 is 4.79 Å². The molecule has 0 aliphatic carbocycles. The molecule has 0 unspecified atom stereocenters. The second-order valence-electron chi connectivity index (χ2n) is 3.07. The number of nitrogens with two attached hydrogens (primary N) is 1. The molecule has 1 aromatic rings. The van der Waals surface area contributed by atoms with Crippen molar-refractivity contribution in [2.24, 2.45) is 5.73 Å². The van der Waals surface area contributed by atoms with Gasteiger partial charge in [0.05, 0.1) is 5.75 Å². The first-order valence-corrected chi connectivity index (χ1v) is 5.40. The molecule has 0 aliphatic heterocycles. The molecule has 1 rings (SSSR count). The molecule has 0 heterocycles. The minimum atomic E-state index is -0.152. The lowest BCUT2D eigenvalue weighted by Gasteiger charge is -2.04. The molecule has 1 aromatic carbocycles. The van der Waals surface area contributed by atoms with Gasteiger partial charge in [0, 0.05) is 5.69 Å². The van der Waals surface area contributed by atoms with Crippen molar-refractivity contribution in [3.8, 4) is 0 Å². The van der Waals surface area contributed by atoms with Crippen LogP contribution in [0.2, 0.25) is 0 Å². The van der Waals surface area contributed by atoms with Crippen molar-refractivity contribution in [1.29, 1.82) is 5.41 Å². The van der Waals surface area contributed by atoms with Crippen molar-refractivity contribution in [2.75, 3.05) is 11.1 Å². The molecule has 0 aromatic heterocycles. The Morgan fingerprint density at radius 3 is 2.93 bits per heavy atom. The van der Waals surface area contributed by atoms with E-state index >= 15 is 0 Å². The number of thioether (sulfide) groups is 1. The van der Waals surface area contributed by atoms with Crippen LogP contribution in [0.1, 0.15) is 5.56 Å². The molecule has 1 amide bonds. The summed E-state index contributed by atoms with van der Waals surface area (Å²) < 4.78 is 0. The van der Waals surface area contributed by atoms with Gasteiger partial charge in [0.25, 0.3) is 0 Å². The molecule has 0 spiro atoms. The van der Waals surface area contributed by atoms with Crippen molar-refractivity contribution in [2.45, 2.75) is 6.92 Å². The summed E-state index contributed by atoms with van der Waals surface area (Å²) in [6, 6.07) is 7.54. The molecular weight excluding hydrogens is 210 g/mol. The van der Waals surface area contributed by atoms with Gasteiger partial charge in [0.15, 0.2) is 5.17 Å². The number of nitrogens with one attached hydrogen (secondary N) is 2. The molecular formula is C10H13N3OS. The van der Waals surface area contributed by atoms with E-state index in [9.17, 15) is 4.79 Å². The number of amides is 1. The fourth-order valence-corrected chi connectivity index (χ4v) is 1.42. The first-order valence-electron chi connectivity index (χ1n) is 4.41. The second kappa shape index (κ2) is 5.41. The number of anilines is 1. The van der Waals surface area contributed by atoms with Crippen molar-refractivity contribution >= 4 is 28.5 Å². The van der Waals surface area contributed by atoms with Crippen LogP contribution in [0.4, 0.5) is 5.69 Å². The van der Waals surface area contributed by atoms with E-state index in [-0.39, 0.29) is 16.8 Å². The number of hydrogen-bond acceptors (Lipinski definition) is 3. The van der Waals surface area contributed by atoms with Gasteiger partial charge in [-0.15, -0.1) is 0 Å². The maximum absolute atomic E-state index is 11.3. The topological polar surface area (TPSA) is 79.0 Å². The van der Waals surface area contributed by atoms with Crippen LogP contribution in [0.5, 0.6) is 0 Å². The largest absolute Gasteiger partial charge is 0.379 e. The molecule has 0 fully saturated rings. The number of carbonyl (C=O) groups is 1. The Bertz CT molecular complexity index is 379. The molecule has 0 bridgehead atoms. The third kappa shape index (κ3) is 4.51. The number of benzene rings is 1. The molecule has 80 valence electrons. The molecule has 0 atom stereocenters. The third-order valence-corrected chi connectivity index (χ3v) is 2.38. The quantitative estimate of drug-likeness (QED) is 0.537. The van der Waals surface area contributed by atoms with Crippen molar-refractivity contribution in [3.05, 3.63) is 29.8 Å². The van der Waals surface area contributed by atoms with Gasteiger partial charge in [-0.05, 0) is 24.6 Å². The first kappa shape index (κ1) is 11.6. The van der Waals surface area contributed by atoms with Crippen LogP contribution in [0.15, 0.2) is 24.3 Å². The lowest BCUT2D eigenvalue weighted by atomic mass is 10.2. The molecule has 15 heavy (non-hydrogen) atoms. The Kier molecular flexibility index (Phi) is 4.17. The number of aryl methyl sites for hydroxylation is 1. The molecule has 5 heteroatoms. The zero-order valence-electron chi connectivity index (χ0n) is 8.41. The van der Waals surface area contributed by atoms with E-state index in [0.29, 0.717) is 0 Å². The zero-order valence-corrected chi connectivity index (χ0v) is 9.23. The minimum absolute atomic E-state index is 0.0469. The van der Waals surface area contributed by atoms with Gasteiger partial charge in [-0.25, -0.2) is 0 Å². The van der Waals surface area contributed by atoms with Crippen molar-refractivity contribution in [3.63, 3.8) is 0 Å². The standard InChI is InChI=1S/C10H13N3OS/c1-7-3-2-4-8(5-7)13-9(14)6-15-10(11)12/h2-5H,6H2,1H3,(H3,11,12)(H,13,14). The SMILES string of the molecule is Cc1cccc(NC(=O)CSC(=N)N)c1. The minimum Gasteiger partial charge on any atom is -0.379 e. The number of hydrogen-bond donors (Lipinski definition) is 3. The van der Waals surface area contributed by atoms with Gasteiger partial charge in [-0.1, -0.05) is 23.9 Å². The van der Waals surface area contributed by atoms with Crippen molar-refractivity contribution in [1.82, 2.24) is 0 Å². The van der Waals surface area contributed by atoms with Gasteiger partial charge in [-0.2, -0.15) is 0 Å². The Hall–Kier alpha value is -1.49. The predicted octanol–water partition coefficient (Wildman–Crippen LogP) is 1.56. The summed E-state index contributed by atoms with van der Waals surface area (Å²) in [7, 11) is 0. The second-order valence-corrected chi connectivity index (χ2v) is 4.09. The lowest BCUT2D eigenvalue weighted by Crippen LogP contribution is -2.17. The highest BCUT2D eigenvalue weighted by atomic mass is 32.2. The Labute approximate surface area is 92.8 Å². The summed E-state index contributed by atoms with van der Waals surface area (Å²) >= 11 is 1.01. The summed E-state index contributed by atoms with van der Waals surface area (Å²) in [6.07, 6.45) is 0. The molecule has 4 N–H and O–H groups in total. The smallest absolute Gasteiger partial charge is 0.234 e. The number of carbonyl (C=O) groups excluding carboxylic acids is 1. The van der Waals surface area contributed by atoms with Crippen LogP contribution in [0, 0.1) is 12.3 Å². The molecule has 4 nitrogen and oxygen atoms in total. The summed E-state index contributed by atoms with van der Waals surface area (Å²) in [5, 5.41) is 9.64. The fraction of sp³-hybridized carbons (Fsp3) is 0.200. The molecule has 0 aliphatic rings. The number of rotatable bonds is 3. The van der Waals surface area contributed by atoms with Crippen LogP contribution in [-0.4, -0.2) is 16.8 Å². The fourth-order valence-electron chi connectivity index (χ4n) is 1.06. The average Bonchev–Trinajstić information content (AvgIpc) is 2.15. The highest BCUT2D eigenvalue weighted by Gasteiger charge is 2.03. The summed E-state index contributed by atoms with van der Waals surface area (Å²) in [5.74, 6) is 0.0179. The normalized spacial score (nSPS) is 9.67. The molecule has 0 radical (unpaired) electrons. The van der Waals surface area contributed by atoms with Gasteiger partial charge < -0.3 is 11.1 Å². The van der Waals surface area contributed by atoms with E-state index in [1.165, 1.54) is 0 Å². The van der Waals surface area contributed by atoms with E-state index in [1.807, 2.05) is 31.2 Å². The van der Waals surface area contributed by atoms with E-state index in [1.54, 1.807) is 0 Å². The Morgan fingerprint density at radius 2 is 2.33 bits per heavy atom. The van der Waals surface area contributed by atoms with Crippen LogP contribution >= 0.6 is 11.8 Å². The van der Waals surface area contributed by atoms with Crippen LogP contribution in [0.25, 0.3) is 0 Å². The van der Waals surface area contributed by atoms with E-state index in [4.69, 9.17) is 11.1 Å². The van der Waals surface area contributed by atoms with E-state index in [0.717, 1.165) is 23.0 Å². The Balaban J connectivity index is 2.48. The van der Waals surface area contributed by atoms with E-state index < -0.39 is 0 Å². The third-order valence-electron chi connectivity index (χ3n) is 1.66. The van der Waals surface area contributed by atoms with Crippen LogP contribution < -0.4 is 11.1 Å². The number of amidine groups is 1. The monoisotopic (exact) mass is 223 g/mol. The highest BCUT2D eigenvalue weighted by molar-refractivity contribution is 8.14. The maximum Gasteiger partial charge on any atom is 0.234 e. The van der Waals surface area contributed by atoms with Crippen LogP contribution in [0.3, 0.4) is 0 Å². The van der Waals surface area contributed by atoms with Crippen LogP contribution in [-0.2, 0) is 4.79 Å². The maximum atomic E-state index is 11.3. The lowest BCUT2D eigenvalue weighted by molar-refractivity contribution is -0.113. The summed E-state index contributed by atoms with van der Waals surface area (Å²) in [4.78, 5) is 11.3. The average molecular weight is 223 g/mol.